The van der Waals surface area contributed by atoms with Gasteiger partial charge in [-0.1, -0.05) is 11.6 Å². The highest BCUT2D eigenvalue weighted by Crippen LogP contribution is 2.22. The number of nitrogens with zero attached hydrogens (tertiary/aromatic N) is 4. The van der Waals surface area contributed by atoms with Crippen LogP contribution in [0.2, 0.25) is 5.15 Å². The minimum absolute atomic E-state index is 0.0650. The molecule has 9 heteroatoms. The lowest BCUT2D eigenvalue weighted by atomic mass is 10.3. The van der Waals surface area contributed by atoms with E-state index in [1.165, 1.54) is 28.8 Å². The lowest BCUT2D eigenvalue weighted by Crippen LogP contribution is -2.14. The van der Waals surface area contributed by atoms with Crippen molar-refractivity contribution in [1.29, 1.82) is 0 Å². The van der Waals surface area contributed by atoms with Crippen LogP contribution in [0.15, 0.2) is 29.1 Å². The third-order valence-corrected chi connectivity index (χ3v) is 3.19. The summed E-state index contributed by atoms with van der Waals surface area (Å²) >= 11 is 6.07. The molecule has 8 nitrogen and oxygen atoms in total. The zero-order chi connectivity index (χ0) is 15.1. The average Bonchev–Trinajstić information content (AvgIpc) is 2.75. The number of aromatic amines is 1. The van der Waals surface area contributed by atoms with E-state index in [0.29, 0.717) is 22.7 Å². The van der Waals surface area contributed by atoms with Gasteiger partial charge >= 0.3 is 5.69 Å². The number of fused-ring (bicyclic) bond motifs is 1. The van der Waals surface area contributed by atoms with Crippen molar-refractivity contribution >= 4 is 28.5 Å². The Balaban J connectivity index is 2.27. The first-order valence-corrected chi connectivity index (χ1v) is 6.25. The Hall–Kier alpha value is -2.74. The normalized spacial score (nSPS) is 11.0. The van der Waals surface area contributed by atoms with Crippen LogP contribution in [0.3, 0.4) is 0 Å². The van der Waals surface area contributed by atoms with Crippen LogP contribution < -0.4 is 5.69 Å². The van der Waals surface area contributed by atoms with Crippen molar-refractivity contribution in [2.45, 2.75) is 6.92 Å². The summed E-state index contributed by atoms with van der Waals surface area (Å²) in [7, 11) is 0. The number of non-ortho nitro benzene ring substituents is 1. The highest BCUT2D eigenvalue weighted by Gasteiger charge is 2.15. The first kappa shape index (κ1) is 13.3. The summed E-state index contributed by atoms with van der Waals surface area (Å²) in [5.41, 5.74) is 0.577. The molecule has 0 fully saturated rings. The number of halogens is 1. The van der Waals surface area contributed by atoms with Gasteiger partial charge in [0.15, 0.2) is 10.8 Å². The molecule has 3 rings (SSSR count). The number of benzene rings is 1. The largest absolute Gasteiger partial charge is 0.332 e. The maximum Gasteiger partial charge on any atom is 0.332 e. The van der Waals surface area contributed by atoms with E-state index in [1.54, 1.807) is 6.92 Å². The molecule has 0 unspecified atom stereocenters. The number of aryl methyl sites for hydroxylation is 1. The SMILES string of the molecule is Cc1nc(Cl)c2c(n1)[nH]c(=O)n2-c1ccc([N+](=O)[O-])cc1. The summed E-state index contributed by atoms with van der Waals surface area (Å²) in [6, 6.07) is 5.54. The number of nitro groups is 1. The Morgan fingerprint density at radius 1 is 1.29 bits per heavy atom. The first-order chi connectivity index (χ1) is 9.97. The second-order valence-corrected chi connectivity index (χ2v) is 4.66. The second kappa shape index (κ2) is 4.67. The standard InChI is InChI=1S/C12H8ClN5O3/c1-6-14-10(13)9-11(15-6)16-12(19)17(9)7-2-4-8(5-3-7)18(20)21/h2-5H,1H3,(H,14,15,16,19). The van der Waals surface area contributed by atoms with Gasteiger partial charge in [-0.05, 0) is 19.1 Å². The zero-order valence-corrected chi connectivity index (χ0v) is 11.5. The average molecular weight is 306 g/mol. The number of imidazole rings is 1. The van der Waals surface area contributed by atoms with Crippen LogP contribution in [0.4, 0.5) is 5.69 Å². The monoisotopic (exact) mass is 305 g/mol. The van der Waals surface area contributed by atoms with Gasteiger partial charge in [0.2, 0.25) is 0 Å². The van der Waals surface area contributed by atoms with E-state index in [-0.39, 0.29) is 10.8 Å². The molecule has 0 amide bonds. The topological polar surface area (TPSA) is 107 Å². The van der Waals surface area contributed by atoms with E-state index in [2.05, 4.69) is 15.0 Å². The van der Waals surface area contributed by atoms with Gasteiger partial charge in [-0.25, -0.2) is 14.8 Å². The maximum absolute atomic E-state index is 12.1. The van der Waals surface area contributed by atoms with E-state index in [9.17, 15) is 14.9 Å². The van der Waals surface area contributed by atoms with Crippen molar-refractivity contribution in [3.05, 3.63) is 55.8 Å². The number of aromatic nitrogens is 4. The quantitative estimate of drug-likeness (QED) is 0.442. The van der Waals surface area contributed by atoms with E-state index in [1.807, 2.05) is 0 Å². The van der Waals surface area contributed by atoms with Crippen LogP contribution in [0.1, 0.15) is 5.82 Å². The fourth-order valence-corrected chi connectivity index (χ4v) is 2.34. The van der Waals surface area contributed by atoms with E-state index in [4.69, 9.17) is 11.6 Å². The van der Waals surface area contributed by atoms with Crippen LogP contribution in [-0.4, -0.2) is 24.4 Å². The highest BCUT2D eigenvalue weighted by molar-refractivity contribution is 6.33. The van der Waals surface area contributed by atoms with Crippen LogP contribution in [0, 0.1) is 17.0 Å². The third kappa shape index (κ3) is 2.15. The molecule has 0 aliphatic rings. The number of hydrogen-bond donors (Lipinski definition) is 1. The van der Waals surface area contributed by atoms with Crippen LogP contribution in [0.5, 0.6) is 0 Å². The molecular weight excluding hydrogens is 298 g/mol. The molecule has 0 bridgehead atoms. The van der Waals surface area contributed by atoms with Crippen LogP contribution in [0.25, 0.3) is 16.9 Å². The van der Waals surface area contributed by atoms with Gasteiger partial charge in [0, 0.05) is 12.1 Å². The highest BCUT2D eigenvalue weighted by atomic mass is 35.5. The predicted octanol–water partition coefficient (Wildman–Crippen LogP) is 1.98. The molecule has 1 N–H and O–H groups in total. The molecule has 2 heterocycles. The summed E-state index contributed by atoms with van der Waals surface area (Å²) in [6.45, 7) is 1.66. The van der Waals surface area contributed by atoms with E-state index in [0.717, 1.165) is 0 Å². The van der Waals surface area contributed by atoms with Gasteiger partial charge in [0.05, 0.1) is 10.6 Å². The van der Waals surface area contributed by atoms with Gasteiger partial charge in [-0.2, -0.15) is 0 Å². The molecule has 0 saturated heterocycles. The van der Waals surface area contributed by atoms with Crippen molar-refractivity contribution in [3.63, 3.8) is 0 Å². The number of nitrogens with one attached hydrogen (secondary N) is 1. The van der Waals surface area contributed by atoms with Crippen LogP contribution >= 0.6 is 11.6 Å². The molecule has 0 aliphatic heterocycles. The fraction of sp³-hybridized carbons (Fsp3) is 0.0833. The molecule has 0 atom stereocenters. The third-order valence-electron chi connectivity index (χ3n) is 2.92. The van der Waals surface area contributed by atoms with Crippen LogP contribution in [-0.2, 0) is 0 Å². The molecule has 0 spiro atoms. The number of H-pyrrole nitrogens is 1. The molecule has 106 valence electrons. The van der Waals surface area contributed by atoms with Gasteiger partial charge < -0.3 is 0 Å². The maximum atomic E-state index is 12.1. The summed E-state index contributed by atoms with van der Waals surface area (Å²) in [4.78, 5) is 32.9. The van der Waals surface area contributed by atoms with Crippen molar-refractivity contribution in [1.82, 2.24) is 19.5 Å². The zero-order valence-electron chi connectivity index (χ0n) is 10.7. The molecule has 0 saturated carbocycles. The lowest BCUT2D eigenvalue weighted by molar-refractivity contribution is -0.384. The summed E-state index contributed by atoms with van der Waals surface area (Å²) in [5, 5.41) is 10.8. The smallest absolute Gasteiger partial charge is 0.290 e. The molecular formula is C12H8ClN5O3. The van der Waals surface area contributed by atoms with E-state index < -0.39 is 10.6 Å². The van der Waals surface area contributed by atoms with Crippen molar-refractivity contribution in [2.75, 3.05) is 0 Å². The molecule has 0 aliphatic carbocycles. The lowest BCUT2D eigenvalue weighted by Gasteiger charge is -2.04. The first-order valence-electron chi connectivity index (χ1n) is 5.87. The van der Waals surface area contributed by atoms with Gasteiger partial charge in [-0.3, -0.25) is 19.7 Å². The Kier molecular flexibility index (Phi) is 2.95. The molecule has 1 aromatic carbocycles. The fourth-order valence-electron chi connectivity index (χ4n) is 2.05. The van der Waals surface area contributed by atoms with Crippen molar-refractivity contribution in [2.24, 2.45) is 0 Å². The second-order valence-electron chi connectivity index (χ2n) is 4.30. The summed E-state index contributed by atoms with van der Waals surface area (Å²) < 4.78 is 1.28. The van der Waals surface area contributed by atoms with Crippen molar-refractivity contribution in [3.8, 4) is 5.69 Å². The van der Waals surface area contributed by atoms with E-state index >= 15 is 0 Å². The minimum atomic E-state index is -0.513. The summed E-state index contributed by atoms with van der Waals surface area (Å²) in [5.74, 6) is 0.435. The Labute approximate surface area is 122 Å². The molecule has 3 aromatic rings. The van der Waals surface area contributed by atoms with Gasteiger partial charge in [0.1, 0.15) is 11.3 Å². The van der Waals surface area contributed by atoms with Gasteiger partial charge in [-0.15, -0.1) is 0 Å². The molecule has 2 aromatic heterocycles. The Morgan fingerprint density at radius 3 is 2.57 bits per heavy atom. The molecule has 21 heavy (non-hydrogen) atoms. The number of nitro benzene ring substituents is 1. The number of rotatable bonds is 2. The van der Waals surface area contributed by atoms with Crippen molar-refractivity contribution < 1.29 is 4.92 Å². The summed E-state index contributed by atoms with van der Waals surface area (Å²) in [6.07, 6.45) is 0. The Morgan fingerprint density at radius 2 is 1.95 bits per heavy atom. The van der Waals surface area contributed by atoms with Gasteiger partial charge in [0.25, 0.3) is 5.69 Å². The predicted molar refractivity (Wildman–Crippen MR) is 75.9 cm³/mol. The molecule has 0 radical (unpaired) electrons. The minimum Gasteiger partial charge on any atom is -0.290 e. The Bertz CT molecular complexity index is 913. The number of hydrogen-bond acceptors (Lipinski definition) is 5.